The quantitative estimate of drug-likeness (QED) is 0.171. The van der Waals surface area contributed by atoms with Gasteiger partial charge in [-0.15, -0.1) is 13.2 Å². The molecule has 5 rings (SSSR count). The first-order chi connectivity index (χ1) is 24.2. The highest BCUT2D eigenvalue weighted by Gasteiger charge is 2.75. The van der Waals surface area contributed by atoms with Gasteiger partial charge >= 0.3 is 5.97 Å². The number of aliphatic hydroxyl groups is 1. The molecule has 4 aliphatic rings. The van der Waals surface area contributed by atoms with Crippen LogP contribution in [0.2, 0.25) is 0 Å². The molecule has 0 radical (unpaired) electrons. The third kappa shape index (κ3) is 7.67. The summed E-state index contributed by atoms with van der Waals surface area (Å²) in [7, 11) is 1.50. The Balaban J connectivity index is 1.43. The standard InChI is InChI=1S/C37H52N4O9/c1-5-7-13-29(43)38-27(24-47-4)32(26-11-9-8-10-12-26)49-36(46)30-28-14-15-37(50-28)31(30)34(44)41(25(3)23-42)33(37)35(45)40(16-6-2)18-17-39-19-21-48-22-20-39/h5-6,8-12,25,27-28,30-33,42H,1-2,7,13-24H2,3-4H3,(H,38,43)/t25-,27-,28+,30-,31-,32-,33+,37-/m1/s1. The van der Waals surface area contributed by atoms with E-state index in [1.54, 1.807) is 36.1 Å². The Hall–Kier alpha value is -3.62. The maximum absolute atomic E-state index is 14.6. The molecule has 8 atom stereocenters. The molecular weight excluding hydrogens is 644 g/mol. The van der Waals surface area contributed by atoms with E-state index < -0.39 is 59.6 Å². The molecule has 1 aromatic rings. The van der Waals surface area contributed by atoms with E-state index in [0.717, 1.165) is 13.1 Å². The maximum atomic E-state index is 14.6. The fraction of sp³-hybridized carbons (Fsp3) is 0.622. The number of carbonyl (C=O) groups excluding carboxylic acids is 4. The van der Waals surface area contributed by atoms with Gasteiger partial charge in [0.05, 0.1) is 56.5 Å². The van der Waals surface area contributed by atoms with Gasteiger partial charge in [0.1, 0.15) is 17.7 Å². The molecule has 13 heteroatoms. The molecule has 4 fully saturated rings. The predicted octanol–water partition coefficient (Wildman–Crippen LogP) is 1.47. The summed E-state index contributed by atoms with van der Waals surface area (Å²) in [5.41, 5.74) is -0.621. The highest BCUT2D eigenvalue weighted by molar-refractivity contribution is 5.98. The molecule has 4 aliphatic heterocycles. The smallest absolute Gasteiger partial charge is 0.313 e. The van der Waals surface area contributed by atoms with Crippen LogP contribution in [0.1, 0.15) is 44.3 Å². The molecule has 4 saturated heterocycles. The third-order valence-electron chi connectivity index (χ3n) is 10.4. The van der Waals surface area contributed by atoms with E-state index in [1.165, 1.54) is 12.0 Å². The summed E-state index contributed by atoms with van der Waals surface area (Å²) in [6, 6.07) is 6.62. The lowest BCUT2D eigenvalue weighted by Gasteiger charge is -2.39. The Morgan fingerprint density at radius 2 is 1.92 bits per heavy atom. The van der Waals surface area contributed by atoms with Crippen LogP contribution in [0.25, 0.3) is 0 Å². The molecule has 1 spiro atoms. The minimum atomic E-state index is -1.27. The number of nitrogens with one attached hydrogen (secondary N) is 1. The van der Waals surface area contributed by atoms with Gasteiger partial charge in [0.25, 0.3) is 0 Å². The Kier molecular flexibility index (Phi) is 12.8. The summed E-state index contributed by atoms with van der Waals surface area (Å²) in [6.07, 6.45) is 3.29. The zero-order valence-electron chi connectivity index (χ0n) is 29.2. The second kappa shape index (κ2) is 17.1. The number of allylic oxidation sites excluding steroid dienone is 1. The van der Waals surface area contributed by atoms with Gasteiger partial charge in [-0.2, -0.15) is 0 Å². The number of nitrogens with zero attached hydrogens (tertiary/aromatic N) is 3. The number of amides is 3. The van der Waals surface area contributed by atoms with Gasteiger partial charge in [-0.3, -0.25) is 24.1 Å². The minimum absolute atomic E-state index is 0.0610. The summed E-state index contributed by atoms with van der Waals surface area (Å²) in [4.78, 5) is 61.6. The molecular formula is C37H52N4O9. The van der Waals surface area contributed by atoms with Crippen LogP contribution < -0.4 is 5.32 Å². The van der Waals surface area contributed by atoms with Crippen molar-refractivity contribution < 1.29 is 43.2 Å². The lowest BCUT2D eigenvalue weighted by molar-refractivity contribution is -0.163. The average Bonchev–Trinajstić information content (AvgIpc) is 3.78. The Bertz CT molecular complexity index is 1370. The van der Waals surface area contributed by atoms with Crippen LogP contribution >= 0.6 is 0 Å². The van der Waals surface area contributed by atoms with E-state index in [1.807, 2.05) is 18.2 Å². The zero-order chi connectivity index (χ0) is 35.8. The van der Waals surface area contributed by atoms with Crippen molar-refractivity contribution in [2.45, 2.75) is 68.5 Å². The van der Waals surface area contributed by atoms with Crippen LogP contribution in [0.3, 0.4) is 0 Å². The number of esters is 1. The van der Waals surface area contributed by atoms with Gasteiger partial charge in [0.2, 0.25) is 17.7 Å². The van der Waals surface area contributed by atoms with Gasteiger partial charge in [-0.05, 0) is 31.7 Å². The Labute approximate surface area is 294 Å². The van der Waals surface area contributed by atoms with Crippen LogP contribution in [0.15, 0.2) is 55.6 Å². The summed E-state index contributed by atoms with van der Waals surface area (Å²) in [6.45, 7) is 13.0. The largest absolute Gasteiger partial charge is 0.455 e. The number of hydrogen-bond acceptors (Lipinski definition) is 10. The highest BCUT2D eigenvalue weighted by Crippen LogP contribution is 2.59. The molecule has 2 N–H and O–H groups in total. The van der Waals surface area contributed by atoms with Crippen molar-refractivity contribution in [2.24, 2.45) is 11.8 Å². The zero-order valence-corrected chi connectivity index (χ0v) is 29.2. The lowest BCUT2D eigenvalue weighted by atomic mass is 9.70. The number of carbonyl (C=O) groups is 4. The van der Waals surface area contributed by atoms with Crippen molar-refractivity contribution in [1.29, 1.82) is 0 Å². The van der Waals surface area contributed by atoms with E-state index in [0.29, 0.717) is 51.1 Å². The van der Waals surface area contributed by atoms with E-state index in [9.17, 15) is 24.3 Å². The summed E-state index contributed by atoms with van der Waals surface area (Å²) >= 11 is 0. The van der Waals surface area contributed by atoms with E-state index in [-0.39, 0.29) is 38.0 Å². The van der Waals surface area contributed by atoms with Crippen molar-refractivity contribution in [3.8, 4) is 0 Å². The van der Waals surface area contributed by atoms with E-state index in [2.05, 4.69) is 23.4 Å². The number of hydrogen-bond donors (Lipinski definition) is 2. The number of likely N-dealkylation sites (tertiary alicyclic amines) is 1. The fourth-order valence-corrected chi connectivity index (χ4v) is 8.03. The maximum Gasteiger partial charge on any atom is 0.313 e. The Morgan fingerprint density at radius 3 is 2.58 bits per heavy atom. The van der Waals surface area contributed by atoms with Crippen LogP contribution in [0, 0.1) is 11.8 Å². The van der Waals surface area contributed by atoms with Crippen LogP contribution in [0.5, 0.6) is 0 Å². The molecule has 0 saturated carbocycles. The van der Waals surface area contributed by atoms with Crippen molar-refractivity contribution in [1.82, 2.24) is 20.0 Å². The Morgan fingerprint density at radius 1 is 1.18 bits per heavy atom. The summed E-state index contributed by atoms with van der Waals surface area (Å²) in [5.74, 6) is -3.58. The average molecular weight is 697 g/mol. The second-order valence-electron chi connectivity index (χ2n) is 13.6. The van der Waals surface area contributed by atoms with E-state index in [4.69, 9.17) is 18.9 Å². The number of morpholine rings is 1. The van der Waals surface area contributed by atoms with Crippen LogP contribution in [-0.4, -0.2) is 140 Å². The molecule has 4 heterocycles. The number of ether oxygens (including phenoxy) is 4. The third-order valence-corrected chi connectivity index (χ3v) is 10.4. The molecule has 3 amide bonds. The molecule has 274 valence electrons. The molecule has 13 nitrogen and oxygen atoms in total. The van der Waals surface area contributed by atoms with Crippen molar-refractivity contribution in [3.05, 3.63) is 61.2 Å². The number of rotatable bonds is 18. The van der Waals surface area contributed by atoms with Crippen molar-refractivity contribution in [2.75, 3.05) is 66.3 Å². The molecule has 0 aliphatic carbocycles. The van der Waals surface area contributed by atoms with Crippen LogP contribution in [0.4, 0.5) is 0 Å². The predicted molar refractivity (Wildman–Crippen MR) is 184 cm³/mol. The van der Waals surface area contributed by atoms with Gasteiger partial charge in [0, 0.05) is 46.3 Å². The van der Waals surface area contributed by atoms with Gasteiger partial charge in [0.15, 0.2) is 0 Å². The molecule has 1 aromatic carbocycles. The molecule has 50 heavy (non-hydrogen) atoms. The summed E-state index contributed by atoms with van der Waals surface area (Å²) < 4.78 is 23.8. The first-order valence-electron chi connectivity index (χ1n) is 17.7. The number of benzene rings is 1. The first kappa shape index (κ1) is 37.6. The fourth-order valence-electron chi connectivity index (χ4n) is 8.03. The molecule has 2 bridgehead atoms. The van der Waals surface area contributed by atoms with E-state index >= 15 is 0 Å². The molecule has 0 unspecified atom stereocenters. The van der Waals surface area contributed by atoms with Crippen molar-refractivity contribution >= 4 is 23.7 Å². The topological polar surface area (TPSA) is 147 Å². The second-order valence-corrected chi connectivity index (χ2v) is 13.6. The highest BCUT2D eigenvalue weighted by atomic mass is 16.6. The van der Waals surface area contributed by atoms with Gasteiger partial charge < -0.3 is 39.2 Å². The van der Waals surface area contributed by atoms with Gasteiger partial charge in [-0.25, -0.2) is 0 Å². The normalized spacial score (nSPS) is 27.7. The van der Waals surface area contributed by atoms with Gasteiger partial charge in [-0.1, -0.05) is 42.5 Å². The van der Waals surface area contributed by atoms with Crippen LogP contribution in [-0.2, 0) is 38.1 Å². The summed E-state index contributed by atoms with van der Waals surface area (Å²) in [5, 5.41) is 13.2. The minimum Gasteiger partial charge on any atom is -0.455 e. The monoisotopic (exact) mass is 696 g/mol. The SMILES string of the molecule is C=CCCC(=O)N[C@H](COC)[C@H](OC(=O)[C@@H]1[C@@H]2CC[C@]3(O2)[C@H](C(=O)N(CC=C)CCN2CCOCC2)N([C@H](C)CO)C(=O)[C@@H]13)c1ccccc1. The lowest BCUT2D eigenvalue weighted by Crippen LogP contribution is -2.59. The number of aliphatic hydroxyl groups excluding tert-OH is 1. The number of methoxy groups -OCH3 is 1. The molecule has 0 aromatic heterocycles. The number of fused-ring (bicyclic) bond motifs is 1. The first-order valence-corrected chi connectivity index (χ1v) is 17.7. The van der Waals surface area contributed by atoms with Crippen molar-refractivity contribution in [3.63, 3.8) is 0 Å².